The molecule has 0 bridgehead atoms. The molecule has 0 aliphatic heterocycles. The lowest BCUT2D eigenvalue weighted by Gasteiger charge is -2.09. The van der Waals surface area contributed by atoms with Gasteiger partial charge in [0, 0.05) is 7.05 Å². The lowest BCUT2D eigenvalue weighted by atomic mass is 10.4. The number of hydrogen-bond donors (Lipinski definition) is 1. The highest BCUT2D eigenvalue weighted by molar-refractivity contribution is 8.02. The van der Waals surface area contributed by atoms with E-state index in [1.54, 1.807) is 13.0 Å². The Morgan fingerprint density at radius 1 is 1.47 bits per heavy atom. The number of hydrogen-bond acceptors (Lipinski definition) is 6. The van der Waals surface area contributed by atoms with Gasteiger partial charge < -0.3 is 4.74 Å². The molecule has 2 aromatic rings. The lowest BCUT2D eigenvalue weighted by Crippen LogP contribution is -2.12. The van der Waals surface area contributed by atoms with E-state index in [1.165, 1.54) is 10.1 Å². The van der Waals surface area contributed by atoms with Crippen molar-refractivity contribution in [1.29, 1.82) is 0 Å². The second-order valence-electron chi connectivity index (χ2n) is 4.03. The van der Waals surface area contributed by atoms with Crippen molar-refractivity contribution < 1.29 is 9.53 Å². The van der Waals surface area contributed by atoms with E-state index in [9.17, 15) is 9.59 Å². The molecule has 0 aliphatic carbocycles. The first-order chi connectivity index (χ1) is 9.02. The molecule has 0 atom stereocenters. The quantitative estimate of drug-likeness (QED) is 0.508. The summed E-state index contributed by atoms with van der Waals surface area (Å²) in [5.74, 6) is 1.91. The molecule has 7 nitrogen and oxygen atoms in total. The molecule has 0 saturated carbocycles. The maximum Gasteiger partial charge on any atom is 0.293 e. The van der Waals surface area contributed by atoms with Gasteiger partial charge >= 0.3 is 0 Å². The van der Waals surface area contributed by atoms with Crippen LogP contribution in [0.25, 0.3) is 11.0 Å². The third-order valence-corrected chi connectivity index (χ3v) is 2.81. The van der Waals surface area contributed by atoms with Gasteiger partial charge in [-0.1, -0.05) is 0 Å². The first-order valence-electron chi connectivity index (χ1n) is 5.52. The number of rotatable bonds is 4. The van der Waals surface area contributed by atoms with Gasteiger partial charge in [0.15, 0.2) is 10.7 Å². The van der Waals surface area contributed by atoms with Crippen LogP contribution in [-0.4, -0.2) is 31.8 Å². The number of aryl methyl sites for hydroxylation is 1. The zero-order valence-corrected chi connectivity index (χ0v) is 11.4. The minimum absolute atomic E-state index is 0.0960. The second-order valence-corrected chi connectivity index (χ2v) is 4.87. The monoisotopic (exact) mass is 280 g/mol. The van der Waals surface area contributed by atoms with E-state index < -0.39 is 0 Å². The maximum absolute atomic E-state index is 11.9. The van der Waals surface area contributed by atoms with Crippen LogP contribution in [0, 0.1) is 0 Å². The van der Waals surface area contributed by atoms with Crippen molar-refractivity contribution in [2.45, 2.75) is 25.1 Å². The van der Waals surface area contributed by atoms with Crippen LogP contribution >= 0.6 is 11.8 Å². The Hall–Kier alpha value is -2.05. The van der Waals surface area contributed by atoms with Crippen LogP contribution < -0.4 is 10.3 Å². The Balaban J connectivity index is 2.64. The van der Waals surface area contributed by atoms with Gasteiger partial charge in [0.05, 0.1) is 11.5 Å². The zero-order valence-electron chi connectivity index (χ0n) is 10.6. The van der Waals surface area contributed by atoms with E-state index >= 15 is 0 Å². The number of aromatic amines is 1. The lowest BCUT2D eigenvalue weighted by molar-refractivity contribution is 0.233. The highest BCUT2D eigenvalue weighted by atomic mass is 32.2. The van der Waals surface area contributed by atoms with Crippen LogP contribution in [-0.2, 0) is 11.8 Å². The van der Waals surface area contributed by atoms with E-state index in [1.807, 2.05) is 13.8 Å². The first kappa shape index (κ1) is 13.4. The van der Waals surface area contributed by atoms with Crippen molar-refractivity contribution in [3.05, 3.63) is 15.8 Å². The average Bonchev–Trinajstić information content (AvgIpc) is 2.63. The third-order valence-electron chi connectivity index (χ3n) is 2.20. The molecule has 19 heavy (non-hydrogen) atoms. The summed E-state index contributed by atoms with van der Waals surface area (Å²) in [6, 6.07) is 0. The van der Waals surface area contributed by atoms with Crippen molar-refractivity contribution >= 4 is 28.7 Å². The number of aromatic nitrogens is 4. The number of thioether (sulfide) groups is 1. The van der Waals surface area contributed by atoms with Crippen molar-refractivity contribution in [2.75, 3.05) is 0 Å². The normalized spacial score (nSPS) is 10.7. The van der Waals surface area contributed by atoms with E-state index in [-0.39, 0.29) is 22.3 Å². The van der Waals surface area contributed by atoms with Crippen LogP contribution in [0.15, 0.2) is 15.4 Å². The van der Waals surface area contributed by atoms with Crippen LogP contribution in [0.3, 0.4) is 0 Å². The fourth-order valence-corrected chi connectivity index (χ4v) is 1.92. The molecule has 0 aromatic carbocycles. The standard InChI is InChI=1S/C11H12N4O3S/c1-6(2)18-9-7-8(10(17)15(3)14-7)12-11(13-9)19-5-4-16/h5-6,14H,1-3H3. The molecule has 0 saturated heterocycles. The van der Waals surface area contributed by atoms with Crippen molar-refractivity contribution in [2.24, 2.45) is 7.05 Å². The molecule has 2 rings (SSSR count). The highest BCUT2D eigenvalue weighted by Gasteiger charge is 2.16. The van der Waals surface area contributed by atoms with Crippen molar-refractivity contribution in [1.82, 2.24) is 19.7 Å². The number of H-pyrrole nitrogens is 1. The van der Waals surface area contributed by atoms with Crippen molar-refractivity contribution in [3.8, 4) is 5.88 Å². The molecule has 0 unspecified atom stereocenters. The van der Waals surface area contributed by atoms with Gasteiger partial charge in [-0.05, 0) is 25.6 Å². The molecule has 8 heteroatoms. The Labute approximate surface area is 112 Å². The smallest absolute Gasteiger partial charge is 0.293 e. The summed E-state index contributed by atoms with van der Waals surface area (Å²) in [5, 5.41) is 4.29. The fraction of sp³-hybridized carbons (Fsp3) is 0.364. The van der Waals surface area contributed by atoms with Gasteiger partial charge in [0.25, 0.3) is 5.56 Å². The molecular formula is C11H12N4O3S. The summed E-state index contributed by atoms with van der Waals surface area (Å²) >= 11 is 0.982. The Morgan fingerprint density at radius 3 is 2.84 bits per heavy atom. The molecule has 100 valence electrons. The van der Waals surface area contributed by atoms with Gasteiger partial charge in [0.1, 0.15) is 11.5 Å². The number of carbonyl (C=O) groups excluding carboxylic acids is 1. The molecule has 0 aliphatic rings. The van der Waals surface area contributed by atoms with Gasteiger partial charge in [-0.25, -0.2) is 9.78 Å². The zero-order chi connectivity index (χ0) is 14.0. The summed E-state index contributed by atoms with van der Waals surface area (Å²) in [7, 11) is 1.58. The average molecular weight is 280 g/mol. The first-order valence-corrected chi connectivity index (χ1v) is 6.40. The molecule has 0 amide bonds. The van der Waals surface area contributed by atoms with Crippen LogP contribution in [0.5, 0.6) is 5.88 Å². The van der Waals surface area contributed by atoms with E-state index in [0.717, 1.165) is 11.8 Å². The van der Waals surface area contributed by atoms with Crippen LogP contribution in [0.4, 0.5) is 0 Å². The Morgan fingerprint density at radius 2 is 2.21 bits per heavy atom. The summed E-state index contributed by atoms with van der Waals surface area (Å²) in [6.07, 6.45) is -0.0960. The minimum Gasteiger partial charge on any atom is -0.473 e. The molecule has 1 N–H and O–H groups in total. The maximum atomic E-state index is 11.9. The fourth-order valence-electron chi connectivity index (χ4n) is 1.49. The molecule has 0 fully saturated rings. The predicted octanol–water partition coefficient (Wildman–Crippen LogP) is 0.881. The topological polar surface area (TPSA) is 89.9 Å². The van der Waals surface area contributed by atoms with Gasteiger partial charge in [-0.3, -0.25) is 14.6 Å². The summed E-state index contributed by atoms with van der Waals surface area (Å²) < 4.78 is 6.86. The van der Waals surface area contributed by atoms with E-state index in [0.29, 0.717) is 11.4 Å². The third kappa shape index (κ3) is 2.69. The largest absolute Gasteiger partial charge is 0.473 e. The van der Waals surface area contributed by atoms with Gasteiger partial charge in [-0.15, -0.1) is 0 Å². The van der Waals surface area contributed by atoms with Gasteiger partial charge in [-0.2, -0.15) is 4.98 Å². The highest BCUT2D eigenvalue weighted by Crippen LogP contribution is 2.23. The van der Waals surface area contributed by atoms with E-state index in [2.05, 4.69) is 15.1 Å². The Kier molecular flexibility index (Phi) is 3.73. The van der Waals surface area contributed by atoms with Gasteiger partial charge in [0.2, 0.25) is 5.88 Å². The molecule has 2 heterocycles. The SMILES string of the molecule is CC(C)Oc1nc(SC=C=O)nc2c(=O)n(C)[nH]c12. The number of fused-ring (bicyclic) bond motifs is 1. The summed E-state index contributed by atoms with van der Waals surface area (Å²) in [4.78, 5) is 30.4. The Bertz CT molecular complexity index is 713. The molecule has 2 aromatic heterocycles. The second kappa shape index (κ2) is 5.29. The number of nitrogens with zero attached hydrogens (tertiary/aromatic N) is 3. The van der Waals surface area contributed by atoms with Crippen LogP contribution in [0.2, 0.25) is 0 Å². The van der Waals surface area contributed by atoms with Crippen molar-refractivity contribution in [3.63, 3.8) is 0 Å². The number of ether oxygens (including phenoxy) is 1. The van der Waals surface area contributed by atoms with Crippen LogP contribution in [0.1, 0.15) is 13.8 Å². The number of nitrogens with one attached hydrogen (secondary N) is 1. The summed E-state index contributed by atoms with van der Waals surface area (Å²) in [6.45, 7) is 3.71. The summed E-state index contributed by atoms with van der Waals surface area (Å²) in [5.41, 5.74) is 0.401. The molecule has 0 radical (unpaired) electrons. The molecular weight excluding hydrogens is 268 g/mol. The predicted molar refractivity (Wildman–Crippen MR) is 71.0 cm³/mol. The van der Waals surface area contributed by atoms with E-state index in [4.69, 9.17) is 4.74 Å². The minimum atomic E-state index is -0.275. The molecule has 0 spiro atoms.